The van der Waals surface area contributed by atoms with Gasteiger partial charge in [0, 0.05) is 12.0 Å². The third-order valence-corrected chi connectivity index (χ3v) is 3.57. The van der Waals surface area contributed by atoms with Crippen LogP contribution in [0.15, 0.2) is 21.3 Å². The molecule has 0 saturated carbocycles. The van der Waals surface area contributed by atoms with Gasteiger partial charge in [-0.3, -0.25) is 0 Å². The van der Waals surface area contributed by atoms with Crippen LogP contribution in [-0.2, 0) is 6.42 Å². The van der Waals surface area contributed by atoms with Crippen molar-refractivity contribution in [3.05, 3.63) is 33.9 Å². The summed E-state index contributed by atoms with van der Waals surface area (Å²) < 4.78 is 5.49. The van der Waals surface area contributed by atoms with Crippen LogP contribution in [0.25, 0.3) is 0 Å². The molecule has 0 radical (unpaired) electrons. The zero-order valence-electron chi connectivity index (χ0n) is 10.9. The summed E-state index contributed by atoms with van der Waals surface area (Å²) in [5, 5.41) is 0. The maximum atomic E-state index is 11.4. The lowest BCUT2D eigenvalue weighted by Gasteiger charge is -2.22. The second-order valence-electron chi connectivity index (χ2n) is 5.57. The first-order valence-corrected chi connectivity index (χ1v) is 6.79. The van der Waals surface area contributed by atoms with E-state index in [-0.39, 0.29) is 5.63 Å². The quantitative estimate of drug-likeness (QED) is 0.777. The van der Waals surface area contributed by atoms with Crippen LogP contribution in [0.3, 0.4) is 0 Å². The lowest BCUT2D eigenvalue weighted by atomic mass is 9.85. The highest BCUT2D eigenvalue weighted by Crippen LogP contribution is 2.33. The van der Waals surface area contributed by atoms with E-state index in [0.717, 1.165) is 25.0 Å². The maximum absolute atomic E-state index is 11.4. The van der Waals surface area contributed by atoms with Crippen molar-refractivity contribution in [3.8, 4) is 0 Å². The van der Waals surface area contributed by atoms with Crippen LogP contribution in [-0.4, -0.2) is 0 Å². The van der Waals surface area contributed by atoms with E-state index in [0.29, 0.717) is 11.8 Å². The van der Waals surface area contributed by atoms with Gasteiger partial charge in [0.25, 0.3) is 0 Å². The van der Waals surface area contributed by atoms with Crippen molar-refractivity contribution in [2.24, 2.45) is 5.92 Å². The fourth-order valence-electron chi connectivity index (χ4n) is 2.82. The molecule has 1 aliphatic rings. The molecule has 1 aromatic rings. The molecule has 2 nitrogen and oxygen atoms in total. The van der Waals surface area contributed by atoms with Crippen molar-refractivity contribution < 1.29 is 4.42 Å². The zero-order valence-corrected chi connectivity index (χ0v) is 10.9. The molecule has 1 heterocycles. The molecule has 0 saturated heterocycles. The Bertz CT molecular complexity index is 417. The first kappa shape index (κ1) is 12.4. The molecule has 0 aliphatic heterocycles. The molecule has 2 heteroatoms. The topological polar surface area (TPSA) is 30.2 Å². The minimum absolute atomic E-state index is 0.196. The highest BCUT2D eigenvalue weighted by Gasteiger charge is 2.21. The first-order valence-electron chi connectivity index (χ1n) is 6.79. The van der Waals surface area contributed by atoms with Crippen molar-refractivity contribution in [1.82, 2.24) is 0 Å². The molecule has 0 bridgehead atoms. The molecule has 0 amide bonds. The fourth-order valence-corrected chi connectivity index (χ4v) is 2.82. The third-order valence-electron chi connectivity index (χ3n) is 3.57. The Hall–Kier alpha value is -1.05. The monoisotopic (exact) mass is 234 g/mol. The van der Waals surface area contributed by atoms with Gasteiger partial charge >= 0.3 is 5.63 Å². The second kappa shape index (κ2) is 5.52. The Kier molecular flexibility index (Phi) is 4.03. The molecular formula is C15H22O2. The van der Waals surface area contributed by atoms with Crippen molar-refractivity contribution in [1.29, 1.82) is 0 Å². The summed E-state index contributed by atoms with van der Waals surface area (Å²) in [6, 6.07) is 3.53. The Labute approximate surface area is 103 Å². The molecule has 0 fully saturated rings. The lowest BCUT2D eigenvalue weighted by molar-refractivity contribution is 0.350. The molecule has 0 aromatic carbocycles. The van der Waals surface area contributed by atoms with Gasteiger partial charge in [-0.2, -0.15) is 0 Å². The molecular weight excluding hydrogens is 212 g/mol. The molecule has 1 unspecified atom stereocenters. The molecule has 1 aliphatic carbocycles. The molecule has 2 rings (SSSR count). The van der Waals surface area contributed by atoms with Crippen molar-refractivity contribution >= 4 is 0 Å². The number of hydrogen-bond acceptors (Lipinski definition) is 2. The number of fused-ring (bicyclic) bond motifs is 1. The summed E-state index contributed by atoms with van der Waals surface area (Å²) >= 11 is 0. The summed E-state index contributed by atoms with van der Waals surface area (Å²) in [7, 11) is 0. The third kappa shape index (κ3) is 3.21. The molecule has 94 valence electrons. The summed E-state index contributed by atoms with van der Waals surface area (Å²) in [6.07, 6.45) is 7.13. The van der Waals surface area contributed by atoms with Crippen LogP contribution in [0, 0.1) is 5.92 Å². The minimum atomic E-state index is -0.196. The van der Waals surface area contributed by atoms with Crippen LogP contribution >= 0.6 is 0 Å². The number of rotatable bonds is 2. The molecule has 1 aromatic heterocycles. The van der Waals surface area contributed by atoms with Gasteiger partial charge in [-0.15, -0.1) is 0 Å². The highest BCUT2D eigenvalue weighted by molar-refractivity contribution is 5.21. The summed E-state index contributed by atoms with van der Waals surface area (Å²) in [4.78, 5) is 11.4. The Morgan fingerprint density at radius 2 is 2.12 bits per heavy atom. The van der Waals surface area contributed by atoms with Crippen LogP contribution in [0.4, 0.5) is 0 Å². The fraction of sp³-hybridized carbons (Fsp3) is 0.667. The van der Waals surface area contributed by atoms with Gasteiger partial charge in [-0.1, -0.05) is 26.7 Å². The van der Waals surface area contributed by atoms with Crippen LogP contribution in [0.1, 0.15) is 63.2 Å². The molecule has 1 atom stereocenters. The van der Waals surface area contributed by atoms with Crippen molar-refractivity contribution in [2.45, 2.75) is 58.3 Å². The average Bonchev–Trinajstić information content (AvgIpc) is 2.25. The van der Waals surface area contributed by atoms with Crippen molar-refractivity contribution in [3.63, 3.8) is 0 Å². The van der Waals surface area contributed by atoms with Gasteiger partial charge in [-0.25, -0.2) is 4.79 Å². The summed E-state index contributed by atoms with van der Waals surface area (Å²) in [5.41, 5.74) is 1.06. The van der Waals surface area contributed by atoms with Gasteiger partial charge in [-0.05, 0) is 43.2 Å². The van der Waals surface area contributed by atoms with E-state index in [1.165, 1.54) is 24.8 Å². The van der Waals surface area contributed by atoms with Crippen LogP contribution < -0.4 is 5.63 Å². The van der Waals surface area contributed by atoms with E-state index in [4.69, 9.17) is 4.42 Å². The molecule has 17 heavy (non-hydrogen) atoms. The standard InChI is InChI=1S/C15H22O2/c1-11(2)10-13-7-5-3-4-6-12-8-9-14(16)17-15(12)13/h8-9,11,13H,3-7,10H2,1-2H3. The minimum Gasteiger partial charge on any atom is -0.427 e. The van der Waals surface area contributed by atoms with E-state index in [1.807, 2.05) is 6.07 Å². The summed E-state index contributed by atoms with van der Waals surface area (Å²) in [5.74, 6) is 2.07. The Morgan fingerprint density at radius 3 is 2.88 bits per heavy atom. The number of aryl methyl sites for hydroxylation is 1. The zero-order chi connectivity index (χ0) is 12.3. The van der Waals surface area contributed by atoms with Gasteiger partial charge in [0.15, 0.2) is 0 Å². The van der Waals surface area contributed by atoms with E-state index < -0.39 is 0 Å². The van der Waals surface area contributed by atoms with Crippen LogP contribution in [0.2, 0.25) is 0 Å². The van der Waals surface area contributed by atoms with Crippen LogP contribution in [0.5, 0.6) is 0 Å². The highest BCUT2D eigenvalue weighted by atomic mass is 16.4. The van der Waals surface area contributed by atoms with E-state index in [1.54, 1.807) is 6.07 Å². The van der Waals surface area contributed by atoms with E-state index >= 15 is 0 Å². The largest absolute Gasteiger partial charge is 0.427 e. The van der Waals surface area contributed by atoms with E-state index in [2.05, 4.69) is 13.8 Å². The molecule has 0 N–H and O–H groups in total. The van der Waals surface area contributed by atoms with Crippen molar-refractivity contribution in [2.75, 3.05) is 0 Å². The SMILES string of the molecule is CC(C)CC1CCCCCc2ccc(=O)oc21. The summed E-state index contributed by atoms with van der Waals surface area (Å²) in [6.45, 7) is 4.47. The van der Waals surface area contributed by atoms with Gasteiger partial charge in [0.1, 0.15) is 5.76 Å². The maximum Gasteiger partial charge on any atom is 0.335 e. The normalized spacial score (nSPS) is 20.8. The second-order valence-corrected chi connectivity index (χ2v) is 5.57. The lowest BCUT2D eigenvalue weighted by Crippen LogP contribution is -2.12. The van der Waals surface area contributed by atoms with Gasteiger partial charge in [0.05, 0.1) is 0 Å². The van der Waals surface area contributed by atoms with Gasteiger partial charge in [0.2, 0.25) is 0 Å². The molecule has 0 spiro atoms. The smallest absolute Gasteiger partial charge is 0.335 e. The Morgan fingerprint density at radius 1 is 1.29 bits per heavy atom. The van der Waals surface area contributed by atoms with Gasteiger partial charge < -0.3 is 4.42 Å². The first-order chi connectivity index (χ1) is 8.16. The predicted molar refractivity (Wildman–Crippen MR) is 69.3 cm³/mol. The van der Waals surface area contributed by atoms with E-state index in [9.17, 15) is 4.79 Å². The Balaban J connectivity index is 2.34. The number of hydrogen-bond donors (Lipinski definition) is 0. The predicted octanol–water partition coefficient (Wildman–Crippen LogP) is 3.89. The average molecular weight is 234 g/mol.